The van der Waals surface area contributed by atoms with Crippen molar-refractivity contribution in [1.82, 2.24) is 24.7 Å². The zero-order valence-corrected chi connectivity index (χ0v) is 18.9. The summed E-state index contributed by atoms with van der Waals surface area (Å²) in [7, 11) is 0. The minimum Gasteiger partial charge on any atom is -0.367 e. The van der Waals surface area contributed by atoms with Crippen molar-refractivity contribution in [3.8, 4) is 0 Å². The van der Waals surface area contributed by atoms with Crippen LogP contribution in [0.3, 0.4) is 0 Å². The van der Waals surface area contributed by atoms with Gasteiger partial charge in [0.15, 0.2) is 5.65 Å². The van der Waals surface area contributed by atoms with Crippen molar-refractivity contribution in [3.63, 3.8) is 0 Å². The van der Waals surface area contributed by atoms with Gasteiger partial charge >= 0.3 is 0 Å². The summed E-state index contributed by atoms with van der Waals surface area (Å²) in [6, 6.07) is 6.21. The summed E-state index contributed by atoms with van der Waals surface area (Å²) in [5.41, 5.74) is 4.84. The molecule has 0 spiro atoms. The van der Waals surface area contributed by atoms with E-state index in [9.17, 15) is 4.79 Å². The van der Waals surface area contributed by atoms with Crippen LogP contribution in [0, 0.1) is 6.92 Å². The molecule has 1 aliphatic rings. The molecular formula is C23H24ClN7O. The highest BCUT2D eigenvalue weighted by molar-refractivity contribution is 6.33. The molecule has 1 amide bonds. The maximum absolute atomic E-state index is 13.2. The molecule has 4 heterocycles. The lowest BCUT2D eigenvalue weighted by atomic mass is 10.1. The van der Waals surface area contributed by atoms with Crippen LogP contribution in [0.15, 0.2) is 43.0 Å². The highest BCUT2D eigenvalue weighted by Gasteiger charge is 2.24. The van der Waals surface area contributed by atoms with E-state index in [2.05, 4.69) is 44.3 Å². The molecule has 0 unspecified atom stereocenters. The first-order valence-corrected chi connectivity index (χ1v) is 11.0. The number of nitrogens with one attached hydrogen (secondary N) is 2. The van der Waals surface area contributed by atoms with Crippen LogP contribution < -0.4 is 15.5 Å². The van der Waals surface area contributed by atoms with Crippen LogP contribution in [0.1, 0.15) is 29.9 Å². The molecule has 8 nitrogen and oxygen atoms in total. The zero-order chi connectivity index (χ0) is 22.4. The summed E-state index contributed by atoms with van der Waals surface area (Å²) in [6.45, 7) is 7.97. The predicted molar refractivity (Wildman–Crippen MR) is 127 cm³/mol. The zero-order valence-electron chi connectivity index (χ0n) is 18.1. The number of anilines is 2. The van der Waals surface area contributed by atoms with Crippen LogP contribution in [-0.4, -0.2) is 50.4 Å². The first-order valence-electron chi connectivity index (χ1n) is 10.6. The van der Waals surface area contributed by atoms with Crippen molar-refractivity contribution >= 4 is 45.6 Å². The number of hydrogen-bond acceptors (Lipinski definition) is 6. The normalized spacial score (nSPS) is 18.9. The van der Waals surface area contributed by atoms with Crippen molar-refractivity contribution < 1.29 is 4.79 Å². The monoisotopic (exact) mass is 449 g/mol. The molecule has 2 N–H and O–H groups in total. The van der Waals surface area contributed by atoms with Gasteiger partial charge in [-0.15, -0.1) is 0 Å². The minimum absolute atomic E-state index is 0.267. The lowest BCUT2D eigenvalue weighted by molar-refractivity contribution is 0.102. The third-order valence-electron chi connectivity index (χ3n) is 5.63. The highest BCUT2D eigenvalue weighted by atomic mass is 35.5. The number of fused-ring (bicyclic) bond motifs is 2. The van der Waals surface area contributed by atoms with Crippen molar-refractivity contribution in [2.75, 3.05) is 23.3 Å². The van der Waals surface area contributed by atoms with E-state index in [1.54, 1.807) is 29.1 Å². The highest BCUT2D eigenvalue weighted by Crippen LogP contribution is 2.29. The van der Waals surface area contributed by atoms with E-state index >= 15 is 0 Å². The Balaban J connectivity index is 1.50. The third kappa shape index (κ3) is 3.76. The molecule has 1 aromatic carbocycles. The summed E-state index contributed by atoms with van der Waals surface area (Å²) < 4.78 is 1.81. The van der Waals surface area contributed by atoms with Crippen LogP contribution in [0.25, 0.3) is 16.7 Å². The molecule has 2 atom stereocenters. The maximum Gasteiger partial charge on any atom is 0.257 e. The van der Waals surface area contributed by atoms with Crippen LogP contribution in [-0.2, 0) is 0 Å². The molecule has 0 saturated carbocycles. The number of aryl methyl sites for hydroxylation is 1. The number of imidazole rings is 1. The lowest BCUT2D eigenvalue weighted by Gasteiger charge is -2.38. The van der Waals surface area contributed by atoms with Gasteiger partial charge in [-0.3, -0.25) is 14.8 Å². The van der Waals surface area contributed by atoms with Gasteiger partial charge < -0.3 is 19.9 Å². The van der Waals surface area contributed by atoms with E-state index in [0.717, 1.165) is 30.0 Å². The number of rotatable bonds is 3. The number of carbonyl (C=O) groups is 1. The number of pyridine rings is 1. The molecule has 4 aromatic rings. The smallest absolute Gasteiger partial charge is 0.257 e. The standard InChI is InChI=1S/C23H24ClN7O/c1-13-9-30(10-14(2)27-13)19-5-4-17(20-21(19)26-7-6-25-20)23(32)29-16-8-18(24)22-28-15(3)11-31(22)12-16/h4-8,11-14,27H,9-10H2,1-3H3,(H,29,32)/t13-,14-/m1/s1. The van der Waals surface area contributed by atoms with Crippen LogP contribution in [0.5, 0.6) is 0 Å². The number of piperazine rings is 1. The van der Waals surface area contributed by atoms with Crippen LogP contribution in [0.2, 0.25) is 5.02 Å². The largest absolute Gasteiger partial charge is 0.367 e. The van der Waals surface area contributed by atoms with E-state index in [0.29, 0.717) is 39.5 Å². The summed E-state index contributed by atoms with van der Waals surface area (Å²) in [4.78, 5) is 29.0. The SMILES string of the molecule is Cc1cn2cc(NC(=O)c3ccc(N4C[C@@H](C)N[C@H](C)C4)c4nccnc34)cc(Cl)c2n1. The molecule has 9 heteroatoms. The first kappa shape index (κ1) is 20.7. The topological polar surface area (TPSA) is 87.5 Å². The summed E-state index contributed by atoms with van der Waals surface area (Å²) in [6.07, 6.45) is 6.94. The fraction of sp³-hybridized carbons (Fsp3) is 0.304. The van der Waals surface area contributed by atoms with E-state index in [1.165, 1.54) is 0 Å². The van der Waals surface area contributed by atoms with E-state index in [1.807, 2.05) is 25.3 Å². The molecule has 164 valence electrons. The van der Waals surface area contributed by atoms with Crippen molar-refractivity contribution in [2.45, 2.75) is 32.9 Å². The quantitative estimate of drug-likeness (QED) is 0.496. The Kier molecular flexibility index (Phi) is 5.19. The molecule has 1 fully saturated rings. The van der Waals surface area contributed by atoms with Gasteiger partial charge in [0, 0.05) is 50.0 Å². The second-order valence-corrected chi connectivity index (χ2v) is 8.81. The average Bonchev–Trinajstić information content (AvgIpc) is 3.13. The Hall–Kier alpha value is -3.23. The van der Waals surface area contributed by atoms with Gasteiger partial charge in [-0.2, -0.15) is 0 Å². The second-order valence-electron chi connectivity index (χ2n) is 8.40. The Bertz CT molecular complexity index is 1320. The maximum atomic E-state index is 13.2. The molecular weight excluding hydrogens is 426 g/mol. The van der Waals surface area contributed by atoms with Gasteiger partial charge in [-0.25, -0.2) is 4.98 Å². The molecule has 1 aliphatic heterocycles. The number of halogens is 1. The number of benzene rings is 1. The first-order chi connectivity index (χ1) is 15.4. The van der Waals surface area contributed by atoms with Gasteiger partial charge in [0.25, 0.3) is 5.91 Å². The van der Waals surface area contributed by atoms with E-state index < -0.39 is 0 Å². The van der Waals surface area contributed by atoms with Gasteiger partial charge in [0.1, 0.15) is 11.0 Å². The lowest BCUT2D eigenvalue weighted by Crippen LogP contribution is -2.54. The Morgan fingerprint density at radius 1 is 1.12 bits per heavy atom. The molecule has 1 saturated heterocycles. The molecule has 0 radical (unpaired) electrons. The van der Waals surface area contributed by atoms with E-state index in [4.69, 9.17) is 11.6 Å². The summed E-state index contributed by atoms with van der Waals surface area (Å²) >= 11 is 6.36. The molecule has 5 rings (SSSR count). The van der Waals surface area contributed by atoms with Crippen molar-refractivity contribution in [1.29, 1.82) is 0 Å². The average molecular weight is 450 g/mol. The van der Waals surface area contributed by atoms with Gasteiger partial charge in [-0.05, 0) is 39.0 Å². The second kappa shape index (κ2) is 8.03. The number of aromatic nitrogens is 4. The van der Waals surface area contributed by atoms with Gasteiger partial charge in [0.2, 0.25) is 0 Å². The van der Waals surface area contributed by atoms with Crippen LogP contribution >= 0.6 is 11.6 Å². The Labute approximate surface area is 190 Å². The van der Waals surface area contributed by atoms with Gasteiger partial charge in [-0.1, -0.05) is 11.6 Å². The Morgan fingerprint density at radius 2 is 1.84 bits per heavy atom. The summed E-state index contributed by atoms with van der Waals surface area (Å²) in [5, 5.41) is 6.96. The number of hydrogen-bond donors (Lipinski definition) is 2. The molecule has 32 heavy (non-hydrogen) atoms. The fourth-order valence-electron chi connectivity index (χ4n) is 4.45. The third-order valence-corrected chi connectivity index (χ3v) is 5.91. The minimum atomic E-state index is -0.267. The van der Waals surface area contributed by atoms with Gasteiger partial charge in [0.05, 0.1) is 27.7 Å². The van der Waals surface area contributed by atoms with Crippen molar-refractivity contribution in [3.05, 3.63) is 59.3 Å². The van der Waals surface area contributed by atoms with E-state index in [-0.39, 0.29) is 5.91 Å². The summed E-state index contributed by atoms with van der Waals surface area (Å²) in [5.74, 6) is -0.267. The number of nitrogens with zero attached hydrogens (tertiary/aromatic N) is 5. The molecule has 0 aliphatic carbocycles. The Morgan fingerprint density at radius 3 is 2.59 bits per heavy atom. The number of amides is 1. The fourth-order valence-corrected chi connectivity index (χ4v) is 4.71. The molecule has 3 aromatic heterocycles. The molecule has 0 bridgehead atoms. The van der Waals surface area contributed by atoms with Crippen LogP contribution in [0.4, 0.5) is 11.4 Å². The predicted octanol–water partition coefficient (Wildman–Crippen LogP) is 3.68. The van der Waals surface area contributed by atoms with Crippen molar-refractivity contribution in [2.24, 2.45) is 0 Å². The number of carbonyl (C=O) groups excluding carboxylic acids is 1.